The van der Waals surface area contributed by atoms with E-state index in [2.05, 4.69) is 22.3 Å². The molecule has 146 valence electrons. The van der Waals surface area contributed by atoms with E-state index in [1.54, 1.807) is 0 Å². The van der Waals surface area contributed by atoms with E-state index in [9.17, 15) is 13.2 Å². The number of hydrogen-bond donors (Lipinski definition) is 2. The molecule has 26 heavy (non-hydrogen) atoms. The molecule has 0 bridgehead atoms. The number of piperidine rings is 1. The molecule has 1 heterocycles. The van der Waals surface area contributed by atoms with E-state index in [4.69, 9.17) is 4.55 Å². The summed E-state index contributed by atoms with van der Waals surface area (Å²) in [6.07, 6.45) is 3.39. The summed E-state index contributed by atoms with van der Waals surface area (Å²) in [6.45, 7) is 6.60. The molecule has 2 N–H and O–H groups in total. The SMILES string of the molecule is CC(C)C(=O)Nc1cccc(C2CCN(CCCCS(=O)(=O)O)CC2)c1. The second kappa shape index (κ2) is 9.48. The minimum atomic E-state index is -3.84. The summed E-state index contributed by atoms with van der Waals surface area (Å²) in [4.78, 5) is 14.2. The predicted octanol–water partition coefficient (Wildman–Crippen LogP) is 3.13. The fraction of sp³-hybridized carbons (Fsp3) is 0.632. The number of unbranched alkanes of at least 4 members (excludes halogenated alkanes) is 1. The maximum absolute atomic E-state index is 11.9. The average molecular weight is 383 g/mol. The van der Waals surface area contributed by atoms with Crippen molar-refractivity contribution in [2.24, 2.45) is 5.92 Å². The lowest BCUT2D eigenvalue weighted by atomic mass is 9.89. The number of carbonyl (C=O) groups excluding carboxylic acids is 1. The topological polar surface area (TPSA) is 86.7 Å². The molecule has 0 unspecified atom stereocenters. The van der Waals surface area contributed by atoms with Gasteiger partial charge >= 0.3 is 0 Å². The quantitative estimate of drug-likeness (QED) is 0.533. The summed E-state index contributed by atoms with van der Waals surface area (Å²) in [6, 6.07) is 8.12. The van der Waals surface area contributed by atoms with Crippen LogP contribution in [0.25, 0.3) is 0 Å². The molecule has 2 rings (SSSR count). The summed E-state index contributed by atoms with van der Waals surface area (Å²) in [5.41, 5.74) is 2.12. The number of nitrogens with one attached hydrogen (secondary N) is 1. The highest BCUT2D eigenvalue weighted by Gasteiger charge is 2.21. The smallest absolute Gasteiger partial charge is 0.264 e. The molecule has 0 aromatic heterocycles. The van der Waals surface area contributed by atoms with Crippen molar-refractivity contribution in [2.45, 2.75) is 45.4 Å². The van der Waals surface area contributed by atoms with E-state index in [0.29, 0.717) is 12.3 Å². The number of amides is 1. The van der Waals surface area contributed by atoms with E-state index in [-0.39, 0.29) is 17.6 Å². The molecule has 0 atom stereocenters. The first-order valence-corrected chi connectivity index (χ1v) is 10.9. The zero-order chi connectivity index (χ0) is 19.2. The molecule has 6 nitrogen and oxygen atoms in total. The lowest BCUT2D eigenvalue weighted by molar-refractivity contribution is -0.118. The van der Waals surface area contributed by atoms with Gasteiger partial charge in [0.15, 0.2) is 0 Å². The number of benzene rings is 1. The Balaban J connectivity index is 1.79. The van der Waals surface area contributed by atoms with Gasteiger partial charge in [-0.15, -0.1) is 0 Å². The second-order valence-corrected chi connectivity index (χ2v) is 8.95. The van der Waals surface area contributed by atoms with Crippen LogP contribution in [0.3, 0.4) is 0 Å². The molecule has 1 aromatic carbocycles. The molecule has 7 heteroatoms. The Kier molecular flexibility index (Phi) is 7.61. The Bertz CT molecular complexity index is 695. The van der Waals surface area contributed by atoms with Crippen LogP contribution in [0.5, 0.6) is 0 Å². The van der Waals surface area contributed by atoms with Crippen molar-refractivity contribution in [1.82, 2.24) is 4.90 Å². The number of anilines is 1. The normalized spacial score (nSPS) is 16.8. The monoisotopic (exact) mass is 382 g/mol. The summed E-state index contributed by atoms with van der Waals surface area (Å²) in [5, 5.41) is 2.96. The third-order valence-electron chi connectivity index (χ3n) is 4.86. The number of nitrogens with zero attached hydrogens (tertiary/aromatic N) is 1. The van der Waals surface area contributed by atoms with Crippen LogP contribution in [0.4, 0.5) is 5.69 Å². The lowest BCUT2D eigenvalue weighted by Gasteiger charge is -2.32. The third-order valence-corrected chi connectivity index (χ3v) is 5.67. The van der Waals surface area contributed by atoms with Gasteiger partial charge in [0, 0.05) is 11.6 Å². The number of hydrogen-bond acceptors (Lipinski definition) is 4. The number of rotatable bonds is 8. The summed E-state index contributed by atoms with van der Waals surface area (Å²) in [7, 11) is -3.84. The van der Waals surface area contributed by atoms with Crippen molar-refractivity contribution in [3.63, 3.8) is 0 Å². The van der Waals surface area contributed by atoms with Gasteiger partial charge < -0.3 is 10.2 Å². The van der Waals surface area contributed by atoms with Crippen molar-refractivity contribution in [3.8, 4) is 0 Å². The summed E-state index contributed by atoms with van der Waals surface area (Å²) in [5.74, 6) is 0.322. The van der Waals surface area contributed by atoms with Crippen molar-refractivity contribution in [1.29, 1.82) is 0 Å². The first kappa shape index (κ1) is 20.9. The maximum atomic E-state index is 11.9. The first-order chi connectivity index (χ1) is 12.2. The minimum absolute atomic E-state index is 0.0295. The fourth-order valence-electron chi connectivity index (χ4n) is 3.27. The zero-order valence-electron chi connectivity index (χ0n) is 15.6. The van der Waals surface area contributed by atoms with Crippen LogP contribution in [0.2, 0.25) is 0 Å². The number of likely N-dealkylation sites (tertiary alicyclic amines) is 1. The van der Waals surface area contributed by atoms with Gasteiger partial charge in [-0.1, -0.05) is 26.0 Å². The number of carbonyl (C=O) groups is 1. The van der Waals surface area contributed by atoms with Crippen molar-refractivity contribution < 1.29 is 17.8 Å². The molecule has 0 saturated carbocycles. The highest BCUT2D eigenvalue weighted by atomic mass is 32.2. The van der Waals surface area contributed by atoms with Gasteiger partial charge in [0.2, 0.25) is 5.91 Å². The van der Waals surface area contributed by atoms with E-state index < -0.39 is 10.1 Å². The highest BCUT2D eigenvalue weighted by molar-refractivity contribution is 7.85. The van der Waals surface area contributed by atoms with Gasteiger partial charge in [-0.25, -0.2) is 0 Å². The molecule has 0 radical (unpaired) electrons. The first-order valence-electron chi connectivity index (χ1n) is 9.33. The molecule has 1 aliphatic rings. The zero-order valence-corrected chi connectivity index (χ0v) is 16.5. The van der Waals surface area contributed by atoms with Crippen LogP contribution < -0.4 is 5.32 Å². The van der Waals surface area contributed by atoms with Gasteiger partial charge in [-0.2, -0.15) is 8.42 Å². The second-order valence-electron chi connectivity index (χ2n) is 7.38. The van der Waals surface area contributed by atoms with Crippen LogP contribution in [-0.4, -0.2) is 49.2 Å². The highest BCUT2D eigenvalue weighted by Crippen LogP contribution is 2.29. The van der Waals surface area contributed by atoms with Gasteiger partial charge in [-0.3, -0.25) is 9.35 Å². The molecule has 1 amide bonds. The Morgan fingerprint density at radius 3 is 2.58 bits per heavy atom. The van der Waals surface area contributed by atoms with Crippen molar-refractivity contribution in [2.75, 3.05) is 30.7 Å². The van der Waals surface area contributed by atoms with Crippen molar-refractivity contribution in [3.05, 3.63) is 29.8 Å². The van der Waals surface area contributed by atoms with E-state index in [1.165, 1.54) is 5.56 Å². The molecular weight excluding hydrogens is 352 g/mol. The molecule has 0 aliphatic carbocycles. The van der Waals surface area contributed by atoms with Crippen molar-refractivity contribution >= 4 is 21.7 Å². The Hall–Kier alpha value is -1.44. The molecular formula is C19H30N2O4S. The van der Waals surface area contributed by atoms with Gasteiger partial charge in [0.05, 0.1) is 5.75 Å². The fourth-order valence-corrected chi connectivity index (χ4v) is 3.84. The Morgan fingerprint density at radius 2 is 1.96 bits per heavy atom. The van der Waals surface area contributed by atoms with Crippen LogP contribution in [0.15, 0.2) is 24.3 Å². The van der Waals surface area contributed by atoms with E-state index in [0.717, 1.165) is 44.6 Å². The van der Waals surface area contributed by atoms with Gasteiger partial charge in [-0.05, 0) is 68.9 Å². The average Bonchev–Trinajstić information content (AvgIpc) is 2.58. The minimum Gasteiger partial charge on any atom is -0.326 e. The molecule has 1 fully saturated rings. The lowest BCUT2D eigenvalue weighted by Crippen LogP contribution is -2.33. The molecule has 1 saturated heterocycles. The van der Waals surface area contributed by atoms with E-state index in [1.807, 2.05) is 26.0 Å². The Labute approximate surface area is 156 Å². The van der Waals surface area contributed by atoms with Crippen LogP contribution in [0, 0.1) is 5.92 Å². The molecule has 1 aliphatic heterocycles. The molecule has 0 spiro atoms. The summed E-state index contributed by atoms with van der Waals surface area (Å²) < 4.78 is 30.2. The van der Waals surface area contributed by atoms with E-state index >= 15 is 0 Å². The van der Waals surface area contributed by atoms with Crippen LogP contribution in [-0.2, 0) is 14.9 Å². The molecule has 1 aromatic rings. The largest absolute Gasteiger partial charge is 0.326 e. The Morgan fingerprint density at radius 1 is 1.27 bits per heavy atom. The van der Waals surface area contributed by atoms with Crippen LogP contribution in [0.1, 0.15) is 51.0 Å². The predicted molar refractivity (Wildman–Crippen MR) is 104 cm³/mol. The van der Waals surface area contributed by atoms with Crippen LogP contribution >= 0.6 is 0 Å². The van der Waals surface area contributed by atoms with Gasteiger partial charge in [0.25, 0.3) is 10.1 Å². The maximum Gasteiger partial charge on any atom is 0.264 e. The van der Waals surface area contributed by atoms with Gasteiger partial charge in [0.1, 0.15) is 0 Å². The summed E-state index contributed by atoms with van der Waals surface area (Å²) >= 11 is 0. The third kappa shape index (κ3) is 7.05. The standard InChI is InChI=1S/C19H30N2O4S/c1-15(2)19(22)20-18-7-5-6-17(14-18)16-8-11-21(12-9-16)10-3-4-13-26(23,24)25/h5-7,14-16H,3-4,8-13H2,1-2H3,(H,20,22)(H,23,24,25).